The Labute approximate surface area is 169 Å². The highest BCUT2D eigenvalue weighted by atomic mass is 16.6. The Hall–Kier alpha value is -3.42. The topological polar surface area (TPSA) is 100 Å². The summed E-state index contributed by atoms with van der Waals surface area (Å²) >= 11 is 0. The molecule has 1 aromatic carbocycles. The van der Waals surface area contributed by atoms with Crippen LogP contribution in [0.1, 0.15) is 17.7 Å². The second-order valence-corrected chi connectivity index (χ2v) is 6.64. The van der Waals surface area contributed by atoms with E-state index >= 15 is 0 Å². The number of carboxylic acids is 1. The minimum Gasteiger partial charge on any atom is -0.478 e. The van der Waals surface area contributed by atoms with Crippen LogP contribution in [0.15, 0.2) is 54.7 Å². The Morgan fingerprint density at radius 3 is 2.34 bits per heavy atom. The first kappa shape index (κ1) is 21.9. The zero-order chi connectivity index (χ0) is 21.2. The van der Waals surface area contributed by atoms with Gasteiger partial charge in [-0.3, -0.25) is 9.78 Å². The van der Waals surface area contributed by atoms with Crippen molar-refractivity contribution in [2.45, 2.75) is 25.5 Å². The molecule has 2 aromatic rings. The Morgan fingerprint density at radius 1 is 1.03 bits per heavy atom. The Kier molecular flexibility index (Phi) is 8.14. The maximum Gasteiger partial charge on any atom is 0.410 e. The van der Waals surface area contributed by atoms with E-state index < -0.39 is 18.2 Å². The Balaban J connectivity index is 1.82. The molecule has 1 heterocycles. The van der Waals surface area contributed by atoms with Gasteiger partial charge < -0.3 is 19.6 Å². The lowest BCUT2D eigenvalue weighted by atomic mass is 10.1. The minimum atomic E-state index is -1.30. The monoisotopic (exact) mass is 399 g/mol. The van der Waals surface area contributed by atoms with Gasteiger partial charge in [0, 0.05) is 39.7 Å². The number of carboxylic acid groups (broad SMARTS) is 1. The number of nitrogens with zero attached hydrogens (tertiary/aromatic N) is 3. The number of pyridine rings is 1. The van der Waals surface area contributed by atoms with Gasteiger partial charge in [0.2, 0.25) is 12.0 Å². The summed E-state index contributed by atoms with van der Waals surface area (Å²) in [4.78, 5) is 42.8. The minimum absolute atomic E-state index is 0.0709. The molecule has 0 unspecified atom stereocenters. The Bertz CT molecular complexity index is 814. The van der Waals surface area contributed by atoms with Crippen LogP contribution in [0, 0.1) is 0 Å². The van der Waals surface area contributed by atoms with Gasteiger partial charge in [0.1, 0.15) is 0 Å². The van der Waals surface area contributed by atoms with E-state index in [9.17, 15) is 19.5 Å². The standard InChI is InChI=1S/C21H25N3O5/c1-23(13-11-19(25)24(2)15-17-10-6-7-12-22-17)21(28)29-18(20(26)27)14-16-8-4-3-5-9-16/h3-10,12,18H,11,13-15H2,1-2H3,(H,26,27)/t18-/m0/s1. The molecule has 0 aliphatic carbocycles. The lowest BCUT2D eigenvalue weighted by molar-refractivity contribution is -0.147. The van der Waals surface area contributed by atoms with Crippen molar-refractivity contribution in [1.82, 2.24) is 14.8 Å². The molecule has 1 N–H and O–H groups in total. The van der Waals surface area contributed by atoms with E-state index in [0.717, 1.165) is 11.3 Å². The maximum absolute atomic E-state index is 12.3. The molecule has 29 heavy (non-hydrogen) atoms. The van der Waals surface area contributed by atoms with Crippen molar-refractivity contribution < 1.29 is 24.2 Å². The smallest absolute Gasteiger partial charge is 0.410 e. The summed E-state index contributed by atoms with van der Waals surface area (Å²) in [5.74, 6) is -1.38. The van der Waals surface area contributed by atoms with Crippen molar-refractivity contribution >= 4 is 18.0 Å². The summed E-state index contributed by atoms with van der Waals surface area (Å²) in [5, 5.41) is 9.33. The summed E-state index contributed by atoms with van der Waals surface area (Å²) in [6, 6.07) is 14.4. The van der Waals surface area contributed by atoms with E-state index in [1.54, 1.807) is 43.6 Å². The molecule has 0 radical (unpaired) electrons. The molecule has 0 spiro atoms. The fraction of sp³-hybridized carbons (Fsp3) is 0.333. The average Bonchev–Trinajstić information content (AvgIpc) is 2.72. The average molecular weight is 399 g/mol. The van der Waals surface area contributed by atoms with Gasteiger partial charge in [0.05, 0.1) is 12.2 Å². The molecule has 154 valence electrons. The first-order chi connectivity index (χ1) is 13.9. The zero-order valence-electron chi connectivity index (χ0n) is 16.5. The second kappa shape index (κ2) is 10.8. The molecular formula is C21H25N3O5. The number of rotatable bonds is 9. The van der Waals surface area contributed by atoms with Crippen LogP contribution in [-0.4, -0.2) is 64.6 Å². The highest BCUT2D eigenvalue weighted by Gasteiger charge is 2.25. The van der Waals surface area contributed by atoms with Crippen molar-refractivity contribution in [3.63, 3.8) is 0 Å². The van der Waals surface area contributed by atoms with Crippen molar-refractivity contribution in [1.29, 1.82) is 0 Å². The van der Waals surface area contributed by atoms with Crippen LogP contribution in [0.25, 0.3) is 0 Å². The molecule has 0 fully saturated rings. The fourth-order valence-electron chi connectivity index (χ4n) is 2.59. The van der Waals surface area contributed by atoms with Gasteiger partial charge in [-0.2, -0.15) is 0 Å². The van der Waals surface area contributed by atoms with Crippen LogP contribution >= 0.6 is 0 Å². The molecule has 0 saturated heterocycles. The molecule has 1 aromatic heterocycles. The molecule has 0 bridgehead atoms. The third-order valence-electron chi connectivity index (χ3n) is 4.31. The molecular weight excluding hydrogens is 374 g/mol. The van der Waals surface area contributed by atoms with Gasteiger partial charge in [0.25, 0.3) is 0 Å². The molecule has 8 nitrogen and oxygen atoms in total. The van der Waals surface area contributed by atoms with Crippen LogP contribution in [0.5, 0.6) is 0 Å². The van der Waals surface area contributed by atoms with E-state index in [2.05, 4.69) is 4.98 Å². The number of benzene rings is 1. The van der Waals surface area contributed by atoms with E-state index in [-0.39, 0.29) is 25.3 Å². The molecule has 1 atom stereocenters. The predicted molar refractivity (Wildman–Crippen MR) is 106 cm³/mol. The van der Waals surface area contributed by atoms with Gasteiger partial charge >= 0.3 is 12.1 Å². The highest BCUT2D eigenvalue weighted by molar-refractivity contribution is 5.79. The number of hydrogen-bond acceptors (Lipinski definition) is 5. The molecule has 0 aliphatic heterocycles. The van der Waals surface area contributed by atoms with Crippen molar-refractivity contribution in [3.8, 4) is 0 Å². The summed E-state index contributed by atoms with van der Waals surface area (Å²) in [7, 11) is 3.13. The predicted octanol–water partition coefficient (Wildman–Crippen LogP) is 2.19. The van der Waals surface area contributed by atoms with Crippen LogP contribution in [-0.2, 0) is 27.3 Å². The quantitative estimate of drug-likeness (QED) is 0.694. The number of carbonyl (C=O) groups is 3. The van der Waals surface area contributed by atoms with Gasteiger partial charge in [-0.25, -0.2) is 9.59 Å². The third kappa shape index (κ3) is 7.25. The summed E-state index contributed by atoms with van der Waals surface area (Å²) in [6.45, 7) is 0.480. The van der Waals surface area contributed by atoms with Crippen LogP contribution < -0.4 is 0 Å². The number of aliphatic carboxylic acids is 1. The van der Waals surface area contributed by atoms with E-state index in [1.807, 2.05) is 18.2 Å². The largest absolute Gasteiger partial charge is 0.478 e. The molecule has 2 amide bonds. The number of amides is 2. The maximum atomic E-state index is 12.3. The normalized spacial score (nSPS) is 11.4. The summed E-state index contributed by atoms with van der Waals surface area (Å²) < 4.78 is 5.12. The zero-order valence-corrected chi connectivity index (χ0v) is 16.5. The molecule has 2 rings (SSSR count). The van der Waals surface area contributed by atoms with Gasteiger partial charge in [-0.05, 0) is 17.7 Å². The number of aromatic nitrogens is 1. The molecule has 0 saturated carbocycles. The number of ether oxygens (including phenoxy) is 1. The Morgan fingerprint density at radius 2 is 1.72 bits per heavy atom. The first-order valence-electron chi connectivity index (χ1n) is 9.19. The highest BCUT2D eigenvalue weighted by Crippen LogP contribution is 2.09. The summed E-state index contributed by atoms with van der Waals surface area (Å²) in [6.07, 6.45) is -0.262. The summed E-state index contributed by atoms with van der Waals surface area (Å²) in [5.41, 5.74) is 1.52. The number of hydrogen-bond donors (Lipinski definition) is 1. The SMILES string of the molecule is CN(Cc1ccccn1)C(=O)CCN(C)C(=O)O[C@@H](Cc1ccccc1)C(=O)O. The van der Waals surface area contributed by atoms with Crippen LogP contribution in [0.4, 0.5) is 4.79 Å². The third-order valence-corrected chi connectivity index (χ3v) is 4.31. The first-order valence-corrected chi connectivity index (χ1v) is 9.19. The van der Waals surface area contributed by atoms with E-state index in [1.165, 1.54) is 16.8 Å². The van der Waals surface area contributed by atoms with Crippen molar-refractivity contribution in [3.05, 3.63) is 66.0 Å². The van der Waals surface area contributed by atoms with E-state index in [0.29, 0.717) is 6.54 Å². The van der Waals surface area contributed by atoms with Crippen LogP contribution in [0.2, 0.25) is 0 Å². The van der Waals surface area contributed by atoms with E-state index in [4.69, 9.17) is 4.74 Å². The lowest BCUT2D eigenvalue weighted by Crippen LogP contribution is -2.38. The number of carbonyl (C=O) groups excluding carboxylic acids is 2. The van der Waals surface area contributed by atoms with Gasteiger partial charge in [-0.1, -0.05) is 36.4 Å². The lowest BCUT2D eigenvalue weighted by Gasteiger charge is -2.22. The molecule has 8 heteroatoms. The van der Waals surface area contributed by atoms with Crippen LogP contribution in [0.3, 0.4) is 0 Å². The second-order valence-electron chi connectivity index (χ2n) is 6.64. The fourth-order valence-corrected chi connectivity index (χ4v) is 2.59. The van der Waals surface area contributed by atoms with Crippen molar-refractivity contribution in [2.24, 2.45) is 0 Å². The van der Waals surface area contributed by atoms with Gasteiger partial charge in [-0.15, -0.1) is 0 Å². The van der Waals surface area contributed by atoms with Gasteiger partial charge in [0.15, 0.2) is 0 Å². The van der Waals surface area contributed by atoms with Crippen molar-refractivity contribution in [2.75, 3.05) is 20.6 Å². The molecule has 0 aliphatic rings.